The molecule has 0 aromatic carbocycles. The maximum absolute atomic E-state index is 12.6. The highest BCUT2D eigenvalue weighted by Crippen LogP contribution is 2.26. The molecule has 8 nitrogen and oxygen atoms in total. The molecule has 0 aromatic heterocycles. The number of rotatable bonds is 23. The van der Waals surface area contributed by atoms with E-state index in [-0.39, 0.29) is 24.1 Å². The minimum Gasteiger partial charge on any atom is -0.462 e. The van der Waals surface area contributed by atoms with Gasteiger partial charge in [-0.1, -0.05) is 25.7 Å². The Labute approximate surface area is 266 Å². The topological polar surface area (TPSA) is 89.5 Å². The highest BCUT2D eigenvalue weighted by atomic mass is 16.5. The molecular formula is C36H62O8. The summed E-state index contributed by atoms with van der Waals surface area (Å²) in [6.07, 6.45) is 24.7. The van der Waals surface area contributed by atoms with E-state index in [4.69, 9.17) is 28.4 Å². The van der Waals surface area contributed by atoms with Gasteiger partial charge in [-0.25, -0.2) is 0 Å². The summed E-state index contributed by atoms with van der Waals surface area (Å²) < 4.78 is 35.1. The van der Waals surface area contributed by atoms with Gasteiger partial charge in [-0.05, 0) is 116 Å². The molecule has 0 aliphatic carbocycles. The minimum absolute atomic E-state index is 0.0256. The lowest BCUT2D eigenvalue weighted by molar-refractivity contribution is -0.151. The number of carbonyl (C=O) groups is 2. The number of ether oxygens (including phenoxy) is 6. The SMILES string of the molecule is O=C(CCCCCCCCC(=O)OC(CC[C@@H]1CCCO1)CC[C@@H]1CCCO1)OC(CC[C@H]1CCCO1)CC[C@@H]1CCCO1. The lowest BCUT2D eigenvalue weighted by Gasteiger charge is -2.21. The van der Waals surface area contributed by atoms with Crippen LogP contribution in [0.5, 0.6) is 0 Å². The van der Waals surface area contributed by atoms with Crippen LogP contribution < -0.4 is 0 Å². The number of esters is 2. The van der Waals surface area contributed by atoms with E-state index in [1.165, 1.54) is 0 Å². The fourth-order valence-corrected chi connectivity index (χ4v) is 7.23. The average Bonchev–Trinajstić information content (AvgIpc) is 3.86. The Bertz CT molecular complexity index is 662. The van der Waals surface area contributed by atoms with Crippen LogP contribution in [0.1, 0.15) is 154 Å². The van der Waals surface area contributed by atoms with Crippen molar-refractivity contribution in [3.63, 3.8) is 0 Å². The number of carbonyl (C=O) groups excluding carboxylic acids is 2. The van der Waals surface area contributed by atoms with Crippen molar-refractivity contribution in [1.29, 1.82) is 0 Å². The van der Waals surface area contributed by atoms with Crippen molar-refractivity contribution in [2.75, 3.05) is 26.4 Å². The molecular weight excluding hydrogens is 560 g/mol. The van der Waals surface area contributed by atoms with Crippen molar-refractivity contribution in [3.05, 3.63) is 0 Å². The normalized spacial score (nSPS) is 26.0. The molecule has 254 valence electrons. The summed E-state index contributed by atoms with van der Waals surface area (Å²) in [5.41, 5.74) is 0. The third kappa shape index (κ3) is 14.9. The predicted molar refractivity (Wildman–Crippen MR) is 170 cm³/mol. The van der Waals surface area contributed by atoms with Crippen molar-refractivity contribution >= 4 is 11.9 Å². The molecule has 0 N–H and O–H groups in total. The monoisotopic (exact) mass is 622 g/mol. The Hall–Kier alpha value is -1.22. The van der Waals surface area contributed by atoms with Crippen LogP contribution in [0.2, 0.25) is 0 Å². The zero-order valence-corrected chi connectivity index (χ0v) is 27.5. The van der Waals surface area contributed by atoms with E-state index in [1.54, 1.807) is 0 Å². The molecule has 4 fully saturated rings. The molecule has 4 aliphatic rings. The zero-order chi connectivity index (χ0) is 30.7. The molecule has 1 unspecified atom stereocenters. The summed E-state index contributed by atoms with van der Waals surface area (Å²) in [7, 11) is 0. The maximum Gasteiger partial charge on any atom is 0.306 e. The van der Waals surface area contributed by atoms with E-state index >= 15 is 0 Å². The average molecular weight is 623 g/mol. The second-order valence-corrected chi connectivity index (χ2v) is 13.7. The Balaban J connectivity index is 1.02. The van der Waals surface area contributed by atoms with Gasteiger partial charge in [0, 0.05) is 39.3 Å². The first-order valence-electron chi connectivity index (χ1n) is 18.5. The van der Waals surface area contributed by atoms with E-state index in [9.17, 15) is 9.59 Å². The van der Waals surface area contributed by atoms with Crippen LogP contribution in [0.4, 0.5) is 0 Å². The van der Waals surface area contributed by atoms with Gasteiger partial charge in [0.15, 0.2) is 0 Å². The molecule has 0 bridgehead atoms. The first-order valence-corrected chi connectivity index (χ1v) is 18.5. The first-order chi connectivity index (χ1) is 21.6. The van der Waals surface area contributed by atoms with Crippen molar-refractivity contribution in [2.45, 2.75) is 191 Å². The highest BCUT2D eigenvalue weighted by Gasteiger charge is 2.25. The van der Waals surface area contributed by atoms with E-state index in [0.29, 0.717) is 37.3 Å². The molecule has 8 heteroatoms. The smallest absolute Gasteiger partial charge is 0.306 e. The first kappa shape index (κ1) is 35.6. The van der Waals surface area contributed by atoms with Crippen molar-refractivity contribution in [2.24, 2.45) is 0 Å². The minimum atomic E-state index is -0.0639. The molecule has 44 heavy (non-hydrogen) atoms. The van der Waals surface area contributed by atoms with Crippen molar-refractivity contribution in [3.8, 4) is 0 Å². The second kappa shape index (κ2) is 21.6. The third-order valence-corrected chi connectivity index (χ3v) is 9.95. The molecule has 4 saturated heterocycles. The molecule has 0 radical (unpaired) electrons. The molecule has 0 saturated carbocycles. The summed E-state index contributed by atoms with van der Waals surface area (Å²) in [4.78, 5) is 25.3. The largest absolute Gasteiger partial charge is 0.462 e. The van der Waals surface area contributed by atoms with E-state index in [2.05, 4.69) is 0 Å². The van der Waals surface area contributed by atoms with Gasteiger partial charge in [-0.15, -0.1) is 0 Å². The van der Waals surface area contributed by atoms with Crippen LogP contribution in [0.15, 0.2) is 0 Å². The van der Waals surface area contributed by atoms with Gasteiger partial charge in [-0.2, -0.15) is 0 Å². The van der Waals surface area contributed by atoms with Crippen LogP contribution in [0, 0.1) is 0 Å². The summed E-state index contributed by atoms with van der Waals surface area (Å²) in [5.74, 6) is -0.128. The van der Waals surface area contributed by atoms with Crippen molar-refractivity contribution < 1.29 is 38.0 Å². The van der Waals surface area contributed by atoms with Crippen LogP contribution in [-0.2, 0) is 38.0 Å². The summed E-state index contributed by atoms with van der Waals surface area (Å²) >= 11 is 0. The Kier molecular flexibility index (Phi) is 17.5. The van der Waals surface area contributed by atoms with Crippen LogP contribution in [0.3, 0.4) is 0 Å². The van der Waals surface area contributed by atoms with Crippen LogP contribution in [-0.4, -0.2) is 75.0 Å². The molecule has 4 rings (SSSR count). The lowest BCUT2D eigenvalue weighted by atomic mass is 10.0. The third-order valence-electron chi connectivity index (χ3n) is 9.95. The predicted octanol–water partition coefficient (Wildman–Crippen LogP) is 7.77. The van der Waals surface area contributed by atoms with Crippen LogP contribution >= 0.6 is 0 Å². The van der Waals surface area contributed by atoms with Gasteiger partial charge in [0.1, 0.15) is 12.2 Å². The van der Waals surface area contributed by atoms with Gasteiger partial charge in [0.2, 0.25) is 0 Å². The molecule has 0 spiro atoms. The summed E-state index contributed by atoms with van der Waals surface area (Å²) in [6, 6.07) is 0. The molecule has 0 aromatic rings. The van der Waals surface area contributed by atoms with Gasteiger partial charge >= 0.3 is 11.9 Å². The Morgan fingerprint density at radius 2 is 0.773 bits per heavy atom. The Morgan fingerprint density at radius 1 is 0.477 bits per heavy atom. The van der Waals surface area contributed by atoms with E-state index in [0.717, 1.165) is 168 Å². The number of unbranched alkanes of at least 4 members (excludes halogenated alkanes) is 5. The quantitative estimate of drug-likeness (QED) is 0.0844. The van der Waals surface area contributed by atoms with Gasteiger partial charge < -0.3 is 28.4 Å². The Morgan fingerprint density at radius 3 is 1.05 bits per heavy atom. The number of hydrogen-bond donors (Lipinski definition) is 0. The standard InChI is InChI=1S/C36H62O8/c37-35(43-33(21-17-29-11-7-25-39-29)22-18-30-12-8-26-40-30)15-5-3-1-2-4-6-16-36(38)44-34(23-19-31-13-9-27-41-31)24-20-32-14-10-28-42-32/h29-34H,1-28H2/t29-,30-,31-,32+,34?/m0/s1. The van der Waals surface area contributed by atoms with Crippen LogP contribution in [0.25, 0.3) is 0 Å². The second-order valence-electron chi connectivity index (χ2n) is 13.7. The fraction of sp³-hybridized carbons (Fsp3) is 0.944. The highest BCUT2D eigenvalue weighted by molar-refractivity contribution is 5.69. The maximum atomic E-state index is 12.6. The molecule has 5 atom stereocenters. The van der Waals surface area contributed by atoms with Gasteiger partial charge in [0.05, 0.1) is 24.4 Å². The molecule has 0 amide bonds. The molecule has 4 heterocycles. The zero-order valence-electron chi connectivity index (χ0n) is 27.5. The summed E-state index contributed by atoms with van der Waals surface area (Å²) in [5, 5.41) is 0. The fourth-order valence-electron chi connectivity index (χ4n) is 7.23. The van der Waals surface area contributed by atoms with Gasteiger partial charge in [0.25, 0.3) is 0 Å². The number of hydrogen-bond acceptors (Lipinski definition) is 8. The summed E-state index contributed by atoms with van der Waals surface area (Å²) in [6.45, 7) is 3.45. The van der Waals surface area contributed by atoms with E-state index < -0.39 is 0 Å². The lowest BCUT2D eigenvalue weighted by Crippen LogP contribution is -2.22. The van der Waals surface area contributed by atoms with Crippen molar-refractivity contribution in [1.82, 2.24) is 0 Å². The van der Waals surface area contributed by atoms with E-state index in [1.807, 2.05) is 0 Å². The van der Waals surface area contributed by atoms with Gasteiger partial charge in [-0.3, -0.25) is 9.59 Å². The molecule has 4 aliphatic heterocycles.